The largest absolute Gasteiger partial charge is 0.358 e. The number of aromatic amines is 2. The standard InChI is InChI=1S/C20H21N5O.C15H11FN4O.C6H12/c1-20(2)7-9-25(20)17-11-22-15-5-3-4-12(18(15)24-17)16-10-13-14(23-16)6-8-21-19(13)26;16-13-7-18-11-3-1-2-8(14(11)20-13)12-6-9-10(19-12)4-5-17-15(9)21;1-6(2)4-3-5-6/h3-5,10-11,23H,6-9H2,1-2H3,(H,21,26);1-3,6-7,19H,4-5H2,(H,17,21);3-5H2,1-2H3. The SMILES string of the molecule is CC1(C)CCC1.CC1(C)CCN1c1cnc2cccc(-c3cc4c([nH]3)CCNC4=O)c2n1.O=C1NCCc2[nH]c(-c3cccc4ncc(F)nc34)cc21. The van der Waals surface area contributed by atoms with Gasteiger partial charge in [0.15, 0.2) is 0 Å². The third-order valence-electron chi connectivity index (χ3n) is 11.0. The number of fused-ring (bicyclic) bond motifs is 4. The van der Waals surface area contributed by atoms with E-state index in [0.29, 0.717) is 29.7 Å². The van der Waals surface area contributed by atoms with Crippen LogP contribution in [0.1, 0.15) is 85.5 Å². The van der Waals surface area contributed by atoms with Crippen molar-refractivity contribution in [2.45, 2.75) is 71.8 Å². The van der Waals surface area contributed by atoms with Crippen molar-refractivity contribution < 1.29 is 14.0 Å². The predicted octanol–water partition coefficient (Wildman–Crippen LogP) is 7.15. The van der Waals surface area contributed by atoms with Crippen LogP contribution < -0.4 is 15.5 Å². The van der Waals surface area contributed by atoms with Crippen molar-refractivity contribution in [3.8, 4) is 22.5 Å². The van der Waals surface area contributed by atoms with E-state index in [1.54, 1.807) is 12.1 Å². The third-order valence-corrected chi connectivity index (χ3v) is 11.0. The summed E-state index contributed by atoms with van der Waals surface area (Å²) >= 11 is 0. The Balaban J connectivity index is 0.000000133. The molecule has 272 valence electrons. The van der Waals surface area contributed by atoms with Gasteiger partial charge in [0, 0.05) is 71.9 Å². The summed E-state index contributed by atoms with van der Waals surface area (Å²) in [6, 6.07) is 15.2. The average Bonchev–Trinajstić information content (AvgIpc) is 3.77. The lowest BCUT2D eigenvalue weighted by Crippen LogP contribution is -2.56. The number of aromatic nitrogens is 6. The Morgan fingerprint density at radius 3 is 1.68 bits per heavy atom. The van der Waals surface area contributed by atoms with E-state index in [2.05, 4.69) is 68.1 Å². The van der Waals surface area contributed by atoms with Crippen molar-refractivity contribution in [1.82, 2.24) is 40.5 Å². The van der Waals surface area contributed by atoms with Gasteiger partial charge in [0.05, 0.1) is 34.6 Å². The van der Waals surface area contributed by atoms with Crippen LogP contribution >= 0.6 is 0 Å². The topological polar surface area (TPSA) is 145 Å². The van der Waals surface area contributed by atoms with E-state index in [9.17, 15) is 14.0 Å². The van der Waals surface area contributed by atoms with Crippen molar-refractivity contribution in [3.05, 3.63) is 89.4 Å². The van der Waals surface area contributed by atoms with Gasteiger partial charge in [0.2, 0.25) is 5.95 Å². The first kappa shape index (κ1) is 34.4. The second-order valence-corrected chi connectivity index (χ2v) is 15.7. The minimum absolute atomic E-state index is 0.0110. The molecule has 10 rings (SSSR count). The highest BCUT2D eigenvalue weighted by molar-refractivity contribution is 6.00. The first-order valence-electron chi connectivity index (χ1n) is 18.4. The fraction of sp³-hybridized carbons (Fsp3) is 0.366. The monoisotopic (exact) mass is 713 g/mol. The van der Waals surface area contributed by atoms with Crippen LogP contribution in [0.5, 0.6) is 0 Å². The molecule has 12 heteroatoms. The molecule has 4 aliphatic rings. The third kappa shape index (κ3) is 6.73. The Hall–Kier alpha value is -5.65. The fourth-order valence-electron chi connectivity index (χ4n) is 7.46. The number of benzene rings is 2. The molecule has 0 atom stereocenters. The van der Waals surface area contributed by atoms with Gasteiger partial charge in [0.1, 0.15) is 16.9 Å². The maximum absolute atomic E-state index is 13.4. The summed E-state index contributed by atoms with van der Waals surface area (Å²) in [5.41, 5.74) is 10.3. The van der Waals surface area contributed by atoms with Gasteiger partial charge in [0.25, 0.3) is 11.8 Å². The highest BCUT2D eigenvalue weighted by Crippen LogP contribution is 2.39. The Morgan fingerprint density at radius 1 is 0.698 bits per heavy atom. The average molecular weight is 714 g/mol. The number of carbonyl (C=O) groups excluding carboxylic acids is 2. The molecule has 0 radical (unpaired) electrons. The van der Waals surface area contributed by atoms with Gasteiger partial charge in [-0.05, 0) is 62.8 Å². The summed E-state index contributed by atoms with van der Waals surface area (Å²) in [6.45, 7) is 11.4. The number of hydrogen-bond acceptors (Lipinski definition) is 7. The number of carbonyl (C=O) groups is 2. The highest BCUT2D eigenvalue weighted by Gasteiger charge is 2.37. The maximum atomic E-state index is 13.4. The predicted molar refractivity (Wildman–Crippen MR) is 204 cm³/mol. The van der Waals surface area contributed by atoms with E-state index in [1.165, 1.54) is 19.3 Å². The van der Waals surface area contributed by atoms with E-state index in [-0.39, 0.29) is 17.4 Å². The van der Waals surface area contributed by atoms with Crippen LogP contribution in [0.25, 0.3) is 44.6 Å². The molecule has 0 spiro atoms. The number of H-pyrrole nitrogens is 2. The number of hydrogen-bond donors (Lipinski definition) is 4. The minimum atomic E-state index is -0.621. The van der Waals surface area contributed by atoms with Crippen molar-refractivity contribution >= 4 is 39.7 Å². The van der Waals surface area contributed by atoms with Gasteiger partial charge in [-0.2, -0.15) is 4.39 Å². The lowest BCUT2D eigenvalue weighted by atomic mass is 9.72. The van der Waals surface area contributed by atoms with Crippen LogP contribution in [0.4, 0.5) is 10.2 Å². The van der Waals surface area contributed by atoms with Crippen LogP contribution in [0.15, 0.2) is 60.9 Å². The molecule has 4 N–H and O–H groups in total. The highest BCUT2D eigenvalue weighted by atomic mass is 19.1. The molecule has 7 heterocycles. The zero-order valence-corrected chi connectivity index (χ0v) is 30.6. The molecule has 1 saturated heterocycles. The smallest absolute Gasteiger partial charge is 0.253 e. The summed E-state index contributed by atoms with van der Waals surface area (Å²) in [7, 11) is 0. The van der Waals surface area contributed by atoms with E-state index in [4.69, 9.17) is 4.98 Å². The van der Waals surface area contributed by atoms with Crippen molar-refractivity contribution in [3.63, 3.8) is 0 Å². The van der Waals surface area contributed by atoms with E-state index < -0.39 is 5.95 Å². The van der Waals surface area contributed by atoms with E-state index in [0.717, 1.165) is 93.7 Å². The lowest BCUT2D eigenvalue weighted by molar-refractivity contribution is 0.0937. The first-order chi connectivity index (χ1) is 25.5. The van der Waals surface area contributed by atoms with Gasteiger partial charge in [-0.3, -0.25) is 14.6 Å². The molecular weight excluding hydrogens is 670 g/mol. The van der Waals surface area contributed by atoms with Crippen LogP contribution in [0, 0.1) is 11.4 Å². The molecule has 0 unspecified atom stereocenters. The number of halogens is 1. The summed E-state index contributed by atoms with van der Waals surface area (Å²) in [4.78, 5) is 50.4. The molecule has 4 aromatic heterocycles. The number of para-hydroxylation sites is 2. The van der Waals surface area contributed by atoms with E-state index in [1.807, 2.05) is 42.6 Å². The van der Waals surface area contributed by atoms with Gasteiger partial charge in [-0.1, -0.05) is 44.5 Å². The fourth-order valence-corrected chi connectivity index (χ4v) is 7.46. The molecule has 2 fully saturated rings. The number of nitrogens with zero attached hydrogens (tertiary/aromatic N) is 5. The Labute approximate surface area is 307 Å². The van der Waals surface area contributed by atoms with Gasteiger partial charge in [-0.15, -0.1) is 0 Å². The van der Waals surface area contributed by atoms with Crippen molar-refractivity contribution in [2.75, 3.05) is 24.5 Å². The summed E-state index contributed by atoms with van der Waals surface area (Å²) in [5, 5.41) is 5.70. The second-order valence-electron chi connectivity index (χ2n) is 15.7. The lowest BCUT2D eigenvalue weighted by Gasteiger charge is -2.49. The summed E-state index contributed by atoms with van der Waals surface area (Å²) in [5.74, 6) is 0.193. The van der Waals surface area contributed by atoms with Crippen LogP contribution in [-0.2, 0) is 12.8 Å². The molecule has 2 aromatic carbocycles. The second kappa shape index (κ2) is 13.4. The zero-order chi connectivity index (χ0) is 36.9. The Bertz CT molecular complexity index is 2370. The van der Waals surface area contributed by atoms with Crippen LogP contribution in [-0.4, -0.2) is 66.9 Å². The number of amides is 2. The van der Waals surface area contributed by atoms with Gasteiger partial charge >= 0.3 is 0 Å². The molecule has 53 heavy (non-hydrogen) atoms. The Morgan fingerprint density at radius 2 is 1.23 bits per heavy atom. The molecular formula is C41H44FN9O2. The molecule has 0 bridgehead atoms. The van der Waals surface area contributed by atoms with Crippen LogP contribution in [0.3, 0.4) is 0 Å². The van der Waals surface area contributed by atoms with E-state index >= 15 is 0 Å². The summed E-state index contributed by atoms with van der Waals surface area (Å²) in [6.07, 6.45) is 10.1. The van der Waals surface area contributed by atoms with Gasteiger partial charge < -0.3 is 25.5 Å². The molecule has 2 amide bonds. The number of nitrogens with one attached hydrogen (secondary N) is 4. The van der Waals surface area contributed by atoms with Crippen LogP contribution in [0.2, 0.25) is 0 Å². The molecule has 6 aromatic rings. The molecule has 1 saturated carbocycles. The van der Waals surface area contributed by atoms with Crippen molar-refractivity contribution in [1.29, 1.82) is 0 Å². The number of rotatable bonds is 3. The Kier molecular flexibility index (Phi) is 8.71. The quantitative estimate of drug-likeness (QED) is 0.153. The molecule has 1 aliphatic carbocycles. The number of anilines is 1. The molecule has 11 nitrogen and oxygen atoms in total. The zero-order valence-electron chi connectivity index (χ0n) is 30.6. The molecule has 3 aliphatic heterocycles. The first-order valence-corrected chi connectivity index (χ1v) is 18.4. The van der Waals surface area contributed by atoms with Crippen molar-refractivity contribution in [2.24, 2.45) is 5.41 Å². The minimum Gasteiger partial charge on any atom is -0.358 e. The normalized spacial score (nSPS) is 17.9. The summed E-state index contributed by atoms with van der Waals surface area (Å²) < 4.78 is 13.4. The van der Waals surface area contributed by atoms with Gasteiger partial charge in [-0.25, -0.2) is 15.0 Å². The maximum Gasteiger partial charge on any atom is 0.253 e.